The molecule has 2 aromatic heterocycles. The van der Waals surface area contributed by atoms with E-state index in [4.69, 9.17) is 0 Å². The Morgan fingerprint density at radius 2 is 2.07 bits per heavy atom. The van der Waals surface area contributed by atoms with Crippen LogP contribution in [0.5, 0.6) is 0 Å². The largest absolute Gasteiger partial charge is 0.481 e. The van der Waals surface area contributed by atoms with Crippen LogP contribution in [-0.4, -0.2) is 38.6 Å². The van der Waals surface area contributed by atoms with Gasteiger partial charge in [0, 0.05) is 40.3 Å². The van der Waals surface area contributed by atoms with Crippen LogP contribution in [0, 0.1) is 0 Å². The van der Waals surface area contributed by atoms with Crippen molar-refractivity contribution in [3.05, 3.63) is 65.6 Å². The number of Topliss-reactive ketones (excluding diaryl/α,β-unsaturated/α-hetero) is 1. The molecule has 3 N–H and O–H groups in total. The number of thioether (sulfide) groups is 1. The van der Waals surface area contributed by atoms with E-state index < -0.39 is 11.9 Å². The number of pyridine rings is 1. The number of carbonyl (C=O) groups is 2. The molecule has 4 rings (SSSR count). The number of nitrogens with one attached hydrogen (secondary N) is 2. The Kier molecular flexibility index (Phi) is 4.72. The predicted octanol–water partition coefficient (Wildman–Crippen LogP) is 3.34. The molecule has 0 bridgehead atoms. The zero-order chi connectivity index (χ0) is 19.0. The van der Waals surface area contributed by atoms with Gasteiger partial charge in [-0.3, -0.25) is 19.9 Å². The van der Waals surface area contributed by atoms with Gasteiger partial charge in [-0.1, -0.05) is 24.3 Å². The lowest BCUT2D eigenvalue weighted by molar-refractivity contribution is -0.138. The maximum atomic E-state index is 13.3. The maximum absolute atomic E-state index is 13.3. The maximum Gasteiger partial charge on any atom is 0.312 e. The van der Waals surface area contributed by atoms with Gasteiger partial charge >= 0.3 is 5.97 Å². The summed E-state index contributed by atoms with van der Waals surface area (Å²) in [6, 6.07) is 10.9. The number of rotatable bonds is 5. The van der Waals surface area contributed by atoms with Crippen molar-refractivity contribution in [3.8, 4) is 0 Å². The minimum Gasteiger partial charge on any atom is -0.481 e. The first-order valence-electron chi connectivity index (χ1n) is 8.71. The summed E-state index contributed by atoms with van der Waals surface area (Å²) in [5, 5.41) is 13.6. The molecular weight excluding hydrogens is 362 g/mol. The van der Waals surface area contributed by atoms with Gasteiger partial charge in [0.25, 0.3) is 0 Å². The number of benzene rings is 1. The fourth-order valence-electron chi connectivity index (χ4n) is 3.40. The minimum atomic E-state index is -0.961. The summed E-state index contributed by atoms with van der Waals surface area (Å²) in [7, 11) is 0. The normalized spacial score (nSPS) is 20.6. The first-order chi connectivity index (χ1) is 13.1. The Hall–Kier alpha value is -2.64. The molecule has 3 aromatic rings. The molecule has 3 heterocycles. The Morgan fingerprint density at radius 3 is 2.81 bits per heavy atom. The van der Waals surface area contributed by atoms with Crippen LogP contribution in [0.25, 0.3) is 10.9 Å². The van der Waals surface area contributed by atoms with Crippen LogP contribution in [0.2, 0.25) is 0 Å². The van der Waals surface area contributed by atoms with E-state index in [0.717, 1.165) is 16.5 Å². The van der Waals surface area contributed by atoms with Gasteiger partial charge in [0.1, 0.15) is 0 Å². The number of aromatic nitrogens is 2. The second-order valence-electron chi connectivity index (χ2n) is 6.60. The third-order valence-electron chi connectivity index (χ3n) is 4.87. The number of nitrogens with zero attached hydrogens (tertiary/aromatic N) is 1. The van der Waals surface area contributed by atoms with E-state index in [2.05, 4.69) is 15.3 Å². The fraction of sp³-hybridized carbons (Fsp3) is 0.250. The molecule has 1 aliphatic heterocycles. The predicted molar refractivity (Wildman–Crippen MR) is 105 cm³/mol. The van der Waals surface area contributed by atoms with Gasteiger partial charge in [0.2, 0.25) is 0 Å². The number of ketones is 1. The van der Waals surface area contributed by atoms with Crippen LogP contribution in [0.1, 0.15) is 39.8 Å². The van der Waals surface area contributed by atoms with Crippen molar-refractivity contribution in [2.24, 2.45) is 0 Å². The van der Waals surface area contributed by atoms with Crippen LogP contribution in [0.3, 0.4) is 0 Å². The molecule has 1 fully saturated rings. The molecule has 1 saturated heterocycles. The van der Waals surface area contributed by atoms with E-state index in [1.807, 2.05) is 36.4 Å². The summed E-state index contributed by atoms with van der Waals surface area (Å²) in [5.74, 6) is -1.20. The molecule has 0 saturated carbocycles. The number of fused-ring (bicyclic) bond motifs is 1. The molecule has 138 valence electrons. The molecule has 0 amide bonds. The van der Waals surface area contributed by atoms with Crippen molar-refractivity contribution in [2.45, 2.75) is 24.3 Å². The molecule has 0 aliphatic carbocycles. The van der Waals surface area contributed by atoms with Crippen molar-refractivity contribution >= 4 is 34.4 Å². The van der Waals surface area contributed by atoms with E-state index in [9.17, 15) is 14.7 Å². The number of carbonyl (C=O) groups excluding carboxylic acids is 1. The number of para-hydroxylation sites is 1. The molecule has 3 atom stereocenters. The zero-order valence-electron chi connectivity index (χ0n) is 14.7. The average molecular weight is 381 g/mol. The summed E-state index contributed by atoms with van der Waals surface area (Å²) < 4.78 is 0. The van der Waals surface area contributed by atoms with Gasteiger partial charge in [-0.25, -0.2) is 0 Å². The minimum absolute atomic E-state index is 0.00166. The number of aliphatic carboxylic acids is 1. The number of aromatic amines is 1. The van der Waals surface area contributed by atoms with E-state index >= 15 is 0 Å². The monoisotopic (exact) mass is 381 g/mol. The zero-order valence-corrected chi connectivity index (χ0v) is 15.5. The lowest BCUT2D eigenvalue weighted by Gasteiger charge is -2.14. The SMILES string of the molecule is CC(C(=O)O)c1[nH]c2ccccc2c1C(=O)C1CSC(c2cccnc2)N1. The highest BCUT2D eigenvalue weighted by Crippen LogP contribution is 2.35. The Bertz CT molecular complexity index is 1000. The van der Waals surface area contributed by atoms with E-state index in [0.29, 0.717) is 17.0 Å². The third kappa shape index (κ3) is 3.24. The summed E-state index contributed by atoms with van der Waals surface area (Å²) in [6.45, 7) is 1.60. The van der Waals surface area contributed by atoms with Crippen molar-refractivity contribution < 1.29 is 14.7 Å². The average Bonchev–Trinajstić information content (AvgIpc) is 3.32. The van der Waals surface area contributed by atoms with E-state index in [1.54, 1.807) is 31.1 Å². The molecule has 0 radical (unpaired) electrons. The van der Waals surface area contributed by atoms with Gasteiger partial charge in [-0.15, -0.1) is 11.8 Å². The van der Waals surface area contributed by atoms with Crippen molar-refractivity contribution in [2.75, 3.05) is 5.75 Å². The topological polar surface area (TPSA) is 95.1 Å². The van der Waals surface area contributed by atoms with E-state index in [1.165, 1.54) is 0 Å². The summed E-state index contributed by atoms with van der Waals surface area (Å²) in [5.41, 5.74) is 2.74. The first kappa shape index (κ1) is 17.8. The second kappa shape index (κ2) is 7.17. The summed E-state index contributed by atoms with van der Waals surface area (Å²) in [6.07, 6.45) is 3.51. The highest BCUT2D eigenvalue weighted by Gasteiger charge is 2.35. The van der Waals surface area contributed by atoms with Gasteiger partial charge in [-0.05, 0) is 24.6 Å². The van der Waals surface area contributed by atoms with Crippen LogP contribution >= 0.6 is 11.8 Å². The molecule has 27 heavy (non-hydrogen) atoms. The summed E-state index contributed by atoms with van der Waals surface area (Å²) in [4.78, 5) is 32.2. The van der Waals surface area contributed by atoms with Crippen LogP contribution in [-0.2, 0) is 4.79 Å². The lowest BCUT2D eigenvalue weighted by atomic mass is 9.96. The van der Waals surface area contributed by atoms with Crippen molar-refractivity contribution in [3.63, 3.8) is 0 Å². The summed E-state index contributed by atoms with van der Waals surface area (Å²) >= 11 is 1.66. The Labute approximate surface area is 160 Å². The van der Waals surface area contributed by atoms with Crippen LogP contribution in [0.4, 0.5) is 0 Å². The van der Waals surface area contributed by atoms with Crippen LogP contribution < -0.4 is 5.32 Å². The molecular formula is C20H19N3O3S. The van der Waals surface area contributed by atoms with Gasteiger partial charge in [0.15, 0.2) is 5.78 Å². The molecule has 6 nitrogen and oxygen atoms in total. The van der Waals surface area contributed by atoms with Crippen molar-refractivity contribution in [1.29, 1.82) is 0 Å². The smallest absolute Gasteiger partial charge is 0.312 e. The molecule has 3 unspecified atom stereocenters. The number of hydrogen-bond acceptors (Lipinski definition) is 5. The van der Waals surface area contributed by atoms with Crippen molar-refractivity contribution in [1.82, 2.24) is 15.3 Å². The first-order valence-corrected chi connectivity index (χ1v) is 9.76. The molecule has 0 spiro atoms. The number of carboxylic acids is 1. The van der Waals surface area contributed by atoms with Gasteiger partial charge < -0.3 is 10.1 Å². The van der Waals surface area contributed by atoms with Crippen LogP contribution in [0.15, 0.2) is 48.8 Å². The lowest BCUT2D eigenvalue weighted by Crippen LogP contribution is -2.35. The number of H-pyrrole nitrogens is 1. The highest BCUT2D eigenvalue weighted by atomic mass is 32.2. The molecule has 1 aromatic carbocycles. The second-order valence-corrected chi connectivity index (χ2v) is 7.74. The third-order valence-corrected chi connectivity index (χ3v) is 6.14. The van der Waals surface area contributed by atoms with E-state index in [-0.39, 0.29) is 17.2 Å². The van der Waals surface area contributed by atoms with Gasteiger partial charge in [0.05, 0.1) is 17.3 Å². The quantitative estimate of drug-likeness (QED) is 0.587. The Balaban J connectivity index is 1.68. The fourth-order valence-corrected chi connectivity index (χ4v) is 4.62. The number of carboxylic acid groups (broad SMARTS) is 1. The number of hydrogen-bond donors (Lipinski definition) is 3. The highest BCUT2D eigenvalue weighted by molar-refractivity contribution is 7.99. The molecule has 7 heteroatoms. The Morgan fingerprint density at radius 1 is 1.26 bits per heavy atom. The standard InChI is InChI=1S/C20H19N3O3S/c1-11(20(25)26)17-16(13-6-2-3-7-14(13)22-17)18(24)15-10-27-19(23-15)12-5-4-8-21-9-12/h2-9,11,15,19,22-23H,10H2,1H3,(H,25,26). The molecule has 1 aliphatic rings. The van der Waals surface area contributed by atoms with Gasteiger partial charge in [-0.2, -0.15) is 0 Å².